The fourth-order valence-corrected chi connectivity index (χ4v) is 4.45. The van der Waals surface area contributed by atoms with Crippen molar-refractivity contribution in [3.63, 3.8) is 0 Å². The van der Waals surface area contributed by atoms with Crippen molar-refractivity contribution in [2.24, 2.45) is 0 Å². The molecule has 18 heavy (non-hydrogen) atoms. The highest BCUT2D eigenvalue weighted by atomic mass is 32.2. The van der Waals surface area contributed by atoms with Crippen LogP contribution in [-0.2, 0) is 10.0 Å². The Kier molecular flexibility index (Phi) is 3.64. The van der Waals surface area contributed by atoms with Crippen LogP contribution < -0.4 is 5.73 Å². The Hall–Kier alpha value is -1.07. The van der Waals surface area contributed by atoms with Crippen molar-refractivity contribution < 1.29 is 8.42 Å². The minimum Gasteiger partial charge on any atom is -0.398 e. The molecule has 0 radical (unpaired) electrons. The van der Waals surface area contributed by atoms with Gasteiger partial charge in [0.2, 0.25) is 10.0 Å². The average Bonchev–Trinajstić information content (AvgIpc) is 2.35. The van der Waals surface area contributed by atoms with Gasteiger partial charge in [-0.1, -0.05) is 12.5 Å². The number of hydrogen-bond acceptors (Lipinski definition) is 3. The van der Waals surface area contributed by atoms with Crippen LogP contribution in [0.2, 0.25) is 0 Å². The van der Waals surface area contributed by atoms with Gasteiger partial charge in [0.1, 0.15) is 0 Å². The maximum atomic E-state index is 12.7. The van der Waals surface area contributed by atoms with Crippen LogP contribution in [0.4, 0.5) is 5.69 Å². The third-order valence-corrected chi connectivity index (χ3v) is 5.75. The van der Waals surface area contributed by atoms with Gasteiger partial charge >= 0.3 is 0 Å². The van der Waals surface area contributed by atoms with Crippen LogP contribution in [0.1, 0.15) is 30.4 Å². The van der Waals surface area contributed by atoms with Gasteiger partial charge in [-0.05, 0) is 43.9 Å². The highest BCUT2D eigenvalue weighted by molar-refractivity contribution is 7.89. The maximum absolute atomic E-state index is 12.7. The predicted molar refractivity (Wildman–Crippen MR) is 72.9 cm³/mol. The number of rotatable bonds is 2. The van der Waals surface area contributed by atoms with Crippen LogP contribution in [0.15, 0.2) is 17.0 Å². The molecule has 2 N–H and O–H groups in total. The molecular formula is C13H20N2O2S. The standard InChI is InChI=1S/C13H20N2O2S/c1-10-6-7-12(14)11(2)13(10)18(16,17)15-8-4-3-5-9-15/h6-7H,3-5,8-9,14H2,1-2H3. The Morgan fingerprint density at radius 3 is 2.33 bits per heavy atom. The molecule has 1 aliphatic rings. The molecule has 1 aromatic carbocycles. The van der Waals surface area contributed by atoms with Gasteiger partial charge in [0, 0.05) is 18.8 Å². The molecule has 4 nitrogen and oxygen atoms in total. The second-order valence-electron chi connectivity index (χ2n) is 4.89. The molecule has 1 fully saturated rings. The zero-order chi connectivity index (χ0) is 13.3. The number of hydrogen-bond donors (Lipinski definition) is 1. The van der Waals surface area contributed by atoms with E-state index in [-0.39, 0.29) is 0 Å². The summed E-state index contributed by atoms with van der Waals surface area (Å²) in [5.74, 6) is 0. The minimum absolute atomic E-state index is 0.393. The Morgan fingerprint density at radius 1 is 1.11 bits per heavy atom. The second-order valence-corrected chi connectivity index (χ2v) is 6.77. The molecule has 1 heterocycles. The molecule has 1 saturated heterocycles. The average molecular weight is 268 g/mol. The summed E-state index contributed by atoms with van der Waals surface area (Å²) in [6.45, 7) is 4.84. The van der Waals surface area contributed by atoms with E-state index in [0.29, 0.717) is 29.2 Å². The number of benzene rings is 1. The first-order valence-electron chi connectivity index (χ1n) is 6.30. The molecule has 0 amide bonds. The molecule has 0 unspecified atom stereocenters. The summed E-state index contributed by atoms with van der Waals surface area (Å²) in [6.07, 6.45) is 3.00. The number of sulfonamides is 1. The van der Waals surface area contributed by atoms with Crippen molar-refractivity contribution in [3.8, 4) is 0 Å². The third kappa shape index (κ3) is 2.24. The molecule has 0 aromatic heterocycles. The summed E-state index contributed by atoms with van der Waals surface area (Å²) in [6, 6.07) is 3.54. The molecule has 100 valence electrons. The van der Waals surface area contributed by atoms with Crippen molar-refractivity contribution in [1.82, 2.24) is 4.31 Å². The quantitative estimate of drug-likeness (QED) is 0.835. The van der Waals surface area contributed by atoms with Crippen molar-refractivity contribution in [1.29, 1.82) is 0 Å². The van der Waals surface area contributed by atoms with Crippen LogP contribution >= 0.6 is 0 Å². The van der Waals surface area contributed by atoms with E-state index < -0.39 is 10.0 Å². The Balaban J connectivity index is 2.50. The van der Waals surface area contributed by atoms with Crippen molar-refractivity contribution in [2.45, 2.75) is 38.0 Å². The molecule has 0 saturated carbocycles. The van der Waals surface area contributed by atoms with E-state index in [1.54, 1.807) is 23.4 Å². The molecular weight excluding hydrogens is 248 g/mol. The van der Waals surface area contributed by atoms with E-state index in [1.807, 2.05) is 6.92 Å². The molecule has 0 spiro atoms. The van der Waals surface area contributed by atoms with Gasteiger partial charge < -0.3 is 5.73 Å². The summed E-state index contributed by atoms with van der Waals surface area (Å²) in [7, 11) is -3.39. The summed E-state index contributed by atoms with van der Waals surface area (Å²) < 4.78 is 26.9. The first-order chi connectivity index (χ1) is 8.44. The summed E-state index contributed by atoms with van der Waals surface area (Å²) in [5, 5.41) is 0. The van der Waals surface area contributed by atoms with Crippen LogP contribution in [0.25, 0.3) is 0 Å². The third-order valence-electron chi connectivity index (χ3n) is 3.56. The molecule has 1 aliphatic heterocycles. The largest absolute Gasteiger partial charge is 0.398 e. The lowest BCUT2D eigenvalue weighted by Gasteiger charge is -2.27. The Morgan fingerprint density at radius 2 is 1.72 bits per heavy atom. The zero-order valence-electron chi connectivity index (χ0n) is 10.9. The highest BCUT2D eigenvalue weighted by Gasteiger charge is 2.29. The highest BCUT2D eigenvalue weighted by Crippen LogP contribution is 2.29. The molecule has 5 heteroatoms. The van der Waals surface area contributed by atoms with Crippen molar-refractivity contribution >= 4 is 15.7 Å². The van der Waals surface area contributed by atoms with Gasteiger partial charge in [0.25, 0.3) is 0 Å². The number of aryl methyl sites for hydroxylation is 1. The molecule has 1 aromatic rings. The summed E-state index contributed by atoms with van der Waals surface area (Å²) >= 11 is 0. The number of nitrogens with zero attached hydrogens (tertiary/aromatic N) is 1. The first kappa shape index (κ1) is 13.4. The van der Waals surface area contributed by atoms with Crippen LogP contribution in [-0.4, -0.2) is 25.8 Å². The van der Waals surface area contributed by atoms with Gasteiger partial charge in [-0.2, -0.15) is 4.31 Å². The lowest BCUT2D eigenvalue weighted by atomic mass is 10.1. The van der Waals surface area contributed by atoms with Crippen LogP contribution in [0, 0.1) is 13.8 Å². The van der Waals surface area contributed by atoms with Gasteiger partial charge in [-0.3, -0.25) is 0 Å². The summed E-state index contributed by atoms with van der Waals surface area (Å²) in [4.78, 5) is 0.393. The zero-order valence-corrected chi connectivity index (χ0v) is 11.8. The normalized spacial score (nSPS) is 17.9. The first-order valence-corrected chi connectivity index (χ1v) is 7.74. The van der Waals surface area contributed by atoms with E-state index in [0.717, 1.165) is 24.8 Å². The maximum Gasteiger partial charge on any atom is 0.243 e. The second kappa shape index (κ2) is 4.90. The van der Waals surface area contributed by atoms with Crippen molar-refractivity contribution in [3.05, 3.63) is 23.3 Å². The monoisotopic (exact) mass is 268 g/mol. The van der Waals surface area contributed by atoms with E-state index in [9.17, 15) is 8.42 Å². The van der Waals surface area contributed by atoms with Gasteiger partial charge in [0.15, 0.2) is 0 Å². The Labute approximate surface area is 109 Å². The SMILES string of the molecule is Cc1ccc(N)c(C)c1S(=O)(=O)N1CCCCC1. The lowest BCUT2D eigenvalue weighted by molar-refractivity contribution is 0.346. The van der Waals surface area contributed by atoms with E-state index in [2.05, 4.69) is 0 Å². The van der Waals surface area contributed by atoms with E-state index >= 15 is 0 Å². The van der Waals surface area contributed by atoms with E-state index in [1.165, 1.54) is 0 Å². The molecule has 0 aliphatic carbocycles. The minimum atomic E-state index is -3.39. The smallest absolute Gasteiger partial charge is 0.243 e. The van der Waals surface area contributed by atoms with Crippen molar-refractivity contribution in [2.75, 3.05) is 18.8 Å². The van der Waals surface area contributed by atoms with Gasteiger partial charge in [-0.15, -0.1) is 0 Å². The van der Waals surface area contributed by atoms with Crippen LogP contribution in [0.5, 0.6) is 0 Å². The predicted octanol–water partition coefficient (Wildman–Crippen LogP) is 2.06. The number of piperidine rings is 1. The fourth-order valence-electron chi connectivity index (χ4n) is 2.47. The van der Waals surface area contributed by atoms with Crippen LogP contribution in [0.3, 0.4) is 0 Å². The molecule has 0 bridgehead atoms. The summed E-state index contributed by atoms with van der Waals surface area (Å²) in [5.41, 5.74) is 7.81. The topological polar surface area (TPSA) is 63.4 Å². The number of nitrogen functional groups attached to an aromatic ring is 1. The molecule has 2 rings (SSSR count). The number of anilines is 1. The van der Waals surface area contributed by atoms with E-state index in [4.69, 9.17) is 5.73 Å². The fraction of sp³-hybridized carbons (Fsp3) is 0.538. The lowest BCUT2D eigenvalue weighted by Crippen LogP contribution is -2.36. The number of nitrogens with two attached hydrogens (primary N) is 1. The molecule has 0 atom stereocenters. The Bertz CT molecular complexity index is 546. The van der Waals surface area contributed by atoms with Gasteiger partial charge in [0.05, 0.1) is 4.90 Å². The van der Waals surface area contributed by atoms with Gasteiger partial charge in [-0.25, -0.2) is 8.42 Å².